The molecule has 2 aliphatic heterocycles. The molecule has 0 atom stereocenters. The molecular weight excluding hydrogens is 343 g/mol. The van der Waals surface area contributed by atoms with Crippen molar-refractivity contribution < 1.29 is 9.13 Å². The van der Waals surface area contributed by atoms with E-state index in [9.17, 15) is 4.39 Å². The zero-order chi connectivity index (χ0) is 18.9. The minimum absolute atomic E-state index is 0.0402. The number of aromatic amines is 1. The van der Waals surface area contributed by atoms with Crippen LogP contribution in [0.2, 0.25) is 0 Å². The molecule has 0 radical (unpaired) electrons. The van der Waals surface area contributed by atoms with Crippen molar-refractivity contribution >= 4 is 0 Å². The molecule has 1 aromatic heterocycles. The molecule has 5 nitrogen and oxygen atoms in total. The maximum atomic E-state index is 14.3. The molecule has 146 valence electrons. The SMILES string of the molecule is CCCN1CCc2[nH]cnc2C12CCN(Cc1ccc(OC)cc1F)CC2. The molecule has 0 amide bonds. The Hall–Kier alpha value is -1.92. The van der Waals surface area contributed by atoms with Crippen LogP contribution in [-0.2, 0) is 18.5 Å². The Morgan fingerprint density at radius 1 is 1.26 bits per heavy atom. The number of ether oxygens (including phenoxy) is 1. The highest BCUT2D eigenvalue weighted by Gasteiger charge is 2.46. The Morgan fingerprint density at radius 2 is 2.07 bits per heavy atom. The number of H-pyrrole nitrogens is 1. The van der Waals surface area contributed by atoms with E-state index in [2.05, 4.69) is 21.7 Å². The van der Waals surface area contributed by atoms with Crippen LogP contribution in [0.3, 0.4) is 0 Å². The number of hydrogen-bond donors (Lipinski definition) is 1. The van der Waals surface area contributed by atoms with Crippen molar-refractivity contribution in [2.75, 3.05) is 33.3 Å². The fourth-order valence-corrected chi connectivity index (χ4v) is 4.78. The van der Waals surface area contributed by atoms with Crippen molar-refractivity contribution in [1.82, 2.24) is 19.8 Å². The first-order valence-electron chi connectivity index (χ1n) is 9.99. The Balaban J connectivity index is 1.49. The minimum atomic E-state index is -0.186. The highest BCUT2D eigenvalue weighted by Crippen LogP contribution is 2.42. The summed E-state index contributed by atoms with van der Waals surface area (Å²) >= 11 is 0. The highest BCUT2D eigenvalue weighted by atomic mass is 19.1. The maximum Gasteiger partial charge on any atom is 0.131 e. The van der Waals surface area contributed by atoms with Gasteiger partial charge in [0, 0.05) is 49.9 Å². The summed E-state index contributed by atoms with van der Waals surface area (Å²) in [5.74, 6) is 0.381. The van der Waals surface area contributed by atoms with Crippen molar-refractivity contribution in [3.8, 4) is 5.75 Å². The third kappa shape index (κ3) is 3.36. The maximum absolute atomic E-state index is 14.3. The predicted molar refractivity (Wildman–Crippen MR) is 103 cm³/mol. The predicted octanol–water partition coefficient (Wildman–Crippen LogP) is 3.32. The van der Waals surface area contributed by atoms with Crippen LogP contribution >= 0.6 is 0 Å². The van der Waals surface area contributed by atoms with Crippen molar-refractivity contribution in [1.29, 1.82) is 0 Å². The van der Waals surface area contributed by atoms with Gasteiger partial charge in [0.15, 0.2) is 0 Å². The van der Waals surface area contributed by atoms with E-state index in [-0.39, 0.29) is 11.4 Å². The lowest BCUT2D eigenvalue weighted by molar-refractivity contribution is 0.00330. The van der Waals surface area contributed by atoms with Crippen LogP contribution in [0.4, 0.5) is 4.39 Å². The van der Waals surface area contributed by atoms with Gasteiger partial charge in [-0.25, -0.2) is 9.37 Å². The normalized spacial score (nSPS) is 20.0. The van der Waals surface area contributed by atoms with Crippen LogP contribution < -0.4 is 4.74 Å². The van der Waals surface area contributed by atoms with E-state index in [4.69, 9.17) is 9.72 Å². The summed E-state index contributed by atoms with van der Waals surface area (Å²) in [6.45, 7) is 7.01. The first-order chi connectivity index (χ1) is 13.2. The Bertz CT molecular complexity index is 782. The molecule has 1 fully saturated rings. The summed E-state index contributed by atoms with van der Waals surface area (Å²) in [6, 6.07) is 5.15. The summed E-state index contributed by atoms with van der Waals surface area (Å²) in [6.07, 6.45) is 6.15. The Labute approximate surface area is 160 Å². The summed E-state index contributed by atoms with van der Waals surface area (Å²) in [5, 5.41) is 0. The lowest BCUT2D eigenvalue weighted by Gasteiger charge is -2.50. The van der Waals surface area contributed by atoms with E-state index < -0.39 is 0 Å². The van der Waals surface area contributed by atoms with Crippen molar-refractivity contribution in [2.24, 2.45) is 0 Å². The number of rotatable bonds is 5. The topological polar surface area (TPSA) is 44.4 Å². The summed E-state index contributed by atoms with van der Waals surface area (Å²) in [7, 11) is 1.56. The summed E-state index contributed by atoms with van der Waals surface area (Å²) in [4.78, 5) is 13.1. The highest BCUT2D eigenvalue weighted by molar-refractivity contribution is 5.29. The number of imidazole rings is 1. The van der Waals surface area contributed by atoms with Gasteiger partial charge in [0.05, 0.1) is 24.7 Å². The average Bonchev–Trinajstić information content (AvgIpc) is 3.17. The Morgan fingerprint density at radius 3 is 2.78 bits per heavy atom. The molecule has 6 heteroatoms. The number of aromatic nitrogens is 2. The number of nitrogens with zero attached hydrogens (tertiary/aromatic N) is 3. The fourth-order valence-electron chi connectivity index (χ4n) is 4.78. The van der Waals surface area contributed by atoms with Crippen LogP contribution in [0.25, 0.3) is 0 Å². The van der Waals surface area contributed by atoms with Gasteiger partial charge in [-0.15, -0.1) is 0 Å². The molecule has 0 aliphatic carbocycles. The van der Waals surface area contributed by atoms with E-state index in [0.29, 0.717) is 12.3 Å². The van der Waals surface area contributed by atoms with Crippen LogP contribution in [0.5, 0.6) is 5.75 Å². The van der Waals surface area contributed by atoms with Crippen LogP contribution in [0, 0.1) is 5.82 Å². The van der Waals surface area contributed by atoms with Gasteiger partial charge in [-0.3, -0.25) is 9.80 Å². The monoisotopic (exact) mass is 372 g/mol. The smallest absolute Gasteiger partial charge is 0.131 e. The second-order valence-electron chi connectivity index (χ2n) is 7.73. The number of nitrogens with one attached hydrogen (secondary N) is 1. The van der Waals surface area contributed by atoms with E-state index in [1.54, 1.807) is 7.11 Å². The fraction of sp³-hybridized carbons (Fsp3) is 0.571. The van der Waals surface area contributed by atoms with Crippen molar-refractivity contribution in [3.63, 3.8) is 0 Å². The van der Waals surface area contributed by atoms with E-state index in [1.165, 1.54) is 17.5 Å². The molecule has 0 bridgehead atoms. The molecule has 0 unspecified atom stereocenters. The molecule has 2 aliphatic rings. The third-order valence-electron chi connectivity index (χ3n) is 6.23. The zero-order valence-electron chi connectivity index (χ0n) is 16.3. The Kier molecular flexibility index (Phi) is 5.19. The molecule has 27 heavy (non-hydrogen) atoms. The van der Waals surface area contributed by atoms with Gasteiger partial charge in [0.2, 0.25) is 0 Å². The van der Waals surface area contributed by atoms with Crippen LogP contribution in [-0.4, -0.2) is 53.1 Å². The van der Waals surface area contributed by atoms with Gasteiger partial charge < -0.3 is 9.72 Å². The van der Waals surface area contributed by atoms with Gasteiger partial charge in [-0.1, -0.05) is 13.0 Å². The molecule has 1 saturated heterocycles. The van der Waals surface area contributed by atoms with E-state index in [0.717, 1.165) is 57.4 Å². The molecule has 1 aromatic carbocycles. The van der Waals surface area contributed by atoms with Gasteiger partial charge in [-0.2, -0.15) is 0 Å². The quantitative estimate of drug-likeness (QED) is 0.875. The van der Waals surface area contributed by atoms with Gasteiger partial charge in [-0.05, 0) is 31.9 Å². The zero-order valence-corrected chi connectivity index (χ0v) is 16.3. The lowest BCUT2D eigenvalue weighted by Crippen LogP contribution is -2.56. The van der Waals surface area contributed by atoms with Crippen LogP contribution in [0.1, 0.15) is 43.1 Å². The van der Waals surface area contributed by atoms with E-state index in [1.807, 2.05) is 18.5 Å². The van der Waals surface area contributed by atoms with Gasteiger partial charge in [0.25, 0.3) is 0 Å². The largest absolute Gasteiger partial charge is 0.497 e. The first kappa shape index (κ1) is 18.4. The number of benzene rings is 1. The molecule has 4 rings (SSSR count). The summed E-state index contributed by atoms with van der Waals surface area (Å²) < 4.78 is 19.4. The first-order valence-corrected chi connectivity index (χ1v) is 9.99. The molecular formula is C21H29FN4O. The molecule has 2 aromatic rings. The van der Waals surface area contributed by atoms with Crippen molar-refractivity contribution in [2.45, 2.75) is 44.7 Å². The molecule has 1 spiro atoms. The average molecular weight is 372 g/mol. The number of methoxy groups -OCH3 is 1. The lowest BCUT2D eigenvalue weighted by atomic mass is 9.78. The molecule has 3 heterocycles. The summed E-state index contributed by atoms with van der Waals surface area (Å²) in [5.41, 5.74) is 3.33. The van der Waals surface area contributed by atoms with Crippen molar-refractivity contribution in [3.05, 3.63) is 47.3 Å². The number of piperidine rings is 1. The molecule has 0 saturated carbocycles. The number of halogens is 1. The van der Waals surface area contributed by atoms with Crippen LogP contribution in [0.15, 0.2) is 24.5 Å². The minimum Gasteiger partial charge on any atom is -0.497 e. The van der Waals surface area contributed by atoms with Gasteiger partial charge in [0.1, 0.15) is 11.6 Å². The van der Waals surface area contributed by atoms with E-state index >= 15 is 0 Å². The standard InChI is InChI=1S/C21H29FN4O/c1-3-9-26-10-6-19-20(24-15-23-19)21(26)7-11-25(12-8-21)14-16-4-5-17(27-2)13-18(16)22/h4-5,13,15H,3,6-12,14H2,1-2H3,(H,23,24). The number of fused-ring (bicyclic) bond motifs is 2. The number of hydrogen-bond acceptors (Lipinski definition) is 4. The second-order valence-corrected chi connectivity index (χ2v) is 7.73. The number of likely N-dealkylation sites (tertiary alicyclic amines) is 1. The third-order valence-corrected chi connectivity index (χ3v) is 6.23. The van der Waals surface area contributed by atoms with Gasteiger partial charge >= 0.3 is 0 Å². The molecule has 1 N–H and O–H groups in total. The second kappa shape index (κ2) is 7.60.